The average Bonchev–Trinajstić information content (AvgIpc) is 2.69. The maximum absolute atomic E-state index is 10.9. The molecule has 0 aliphatic carbocycles. The molecule has 0 radical (unpaired) electrons. The Morgan fingerprint density at radius 1 is 1.42 bits per heavy atom. The van der Waals surface area contributed by atoms with Gasteiger partial charge < -0.3 is 5.11 Å². The smallest absolute Gasteiger partial charge is 0.304 e. The van der Waals surface area contributed by atoms with E-state index in [9.17, 15) is 4.79 Å². The molecule has 2 rings (SSSR count). The lowest BCUT2D eigenvalue weighted by Gasteiger charge is -2.22. The molecular formula is C15H19NO2S. The summed E-state index contributed by atoms with van der Waals surface area (Å²) in [5.74, 6) is -0.348. The van der Waals surface area contributed by atoms with E-state index in [2.05, 4.69) is 24.9 Å². The number of fused-ring (bicyclic) bond motifs is 1. The first-order valence-corrected chi connectivity index (χ1v) is 7.24. The average molecular weight is 277 g/mol. The van der Waals surface area contributed by atoms with Crippen LogP contribution in [0.15, 0.2) is 18.2 Å². The molecule has 0 bridgehead atoms. The topological polar surface area (TPSA) is 50.2 Å². The second-order valence-corrected chi connectivity index (χ2v) is 6.91. The number of thiazole rings is 1. The van der Waals surface area contributed by atoms with E-state index in [0.717, 1.165) is 16.1 Å². The highest BCUT2D eigenvalue weighted by atomic mass is 32.1. The van der Waals surface area contributed by atoms with Crippen LogP contribution in [-0.4, -0.2) is 16.1 Å². The van der Waals surface area contributed by atoms with E-state index >= 15 is 0 Å². The predicted octanol–water partition coefficient (Wildman–Crippen LogP) is 4.17. The molecule has 0 fully saturated rings. The fourth-order valence-corrected chi connectivity index (χ4v) is 3.04. The number of carboxylic acid groups (broad SMARTS) is 1. The van der Waals surface area contributed by atoms with Crippen LogP contribution < -0.4 is 0 Å². The van der Waals surface area contributed by atoms with E-state index in [-0.39, 0.29) is 11.8 Å². The molecule has 0 unspecified atom stereocenters. The zero-order chi connectivity index (χ0) is 14.2. The van der Waals surface area contributed by atoms with Crippen molar-refractivity contribution < 1.29 is 9.90 Å². The number of carboxylic acids is 1. The van der Waals surface area contributed by atoms with Gasteiger partial charge in [-0.05, 0) is 17.7 Å². The SMILES string of the molecule is CC(C)c1nc2cc(C(C)(C)CC(=O)O)ccc2s1. The second-order valence-electron chi connectivity index (χ2n) is 5.84. The second kappa shape index (κ2) is 4.93. The molecule has 3 nitrogen and oxygen atoms in total. The van der Waals surface area contributed by atoms with E-state index in [0.29, 0.717) is 5.92 Å². The summed E-state index contributed by atoms with van der Waals surface area (Å²) >= 11 is 1.71. The summed E-state index contributed by atoms with van der Waals surface area (Å²) in [6, 6.07) is 6.10. The number of rotatable bonds is 4. The summed E-state index contributed by atoms with van der Waals surface area (Å²) < 4.78 is 1.17. The molecule has 0 aliphatic rings. The molecular weight excluding hydrogens is 258 g/mol. The lowest BCUT2D eigenvalue weighted by Crippen LogP contribution is -2.21. The predicted molar refractivity (Wildman–Crippen MR) is 79.0 cm³/mol. The fourth-order valence-electron chi connectivity index (χ4n) is 2.09. The third-order valence-corrected chi connectivity index (χ3v) is 4.61. The van der Waals surface area contributed by atoms with Gasteiger partial charge in [0.25, 0.3) is 0 Å². The standard InChI is InChI=1S/C15H19NO2S/c1-9(2)14-16-11-7-10(5-6-12(11)19-14)15(3,4)8-13(17)18/h5-7,9H,8H2,1-4H3,(H,17,18). The van der Waals surface area contributed by atoms with E-state index < -0.39 is 5.97 Å². The van der Waals surface area contributed by atoms with Crippen molar-refractivity contribution in [1.82, 2.24) is 4.98 Å². The van der Waals surface area contributed by atoms with Gasteiger partial charge in [0.15, 0.2) is 0 Å². The molecule has 1 aromatic heterocycles. The van der Waals surface area contributed by atoms with Gasteiger partial charge in [-0.15, -0.1) is 11.3 Å². The van der Waals surface area contributed by atoms with Crippen molar-refractivity contribution in [2.45, 2.75) is 45.4 Å². The summed E-state index contributed by atoms with van der Waals surface area (Å²) in [6.07, 6.45) is 0.125. The van der Waals surface area contributed by atoms with Gasteiger partial charge in [0.2, 0.25) is 0 Å². The minimum Gasteiger partial charge on any atom is -0.481 e. The van der Waals surface area contributed by atoms with Crippen LogP contribution in [0.3, 0.4) is 0 Å². The largest absolute Gasteiger partial charge is 0.481 e. The van der Waals surface area contributed by atoms with E-state index in [1.54, 1.807) is 11.3 Å². The lowest BCUT2D eigenvalue weighted by atomic mass is 9.81. The minimum absolute atomic E-state index is 0.125. The number of nitrogens with zero attached hydrogens (tertiary/aromatic N) is 1. The van der Waals surface area contributed by atoms with E-state index in [1.165, 1.54) is 4.70 Å². The van der Waals surface area contributed by atoms with E-state index in [4.69, 9.17) is 5.11 Å². The summed E-state index contributed by atoms with van der Waals surface area (Å²) in [6.45, 7) is 8.18. The Kier molecular flexibility index (Phi) is 3.63. The van der Waals surface area contributed by atoms with Crippen molar-refractivity contribution in [3.63, 3.8) is 0 Å². The Morgan fingerprint density at radius 3 is 2.68 bits per heavy atom. The quantitative estimate of drug-likeness (QED) is 0.912. The Bertz CT molecular complexity index is 614. The molecule has 1 aromatic carbocycles. The summed E-state index contributed by atoms with van der Waals surface area (Å²) in [5.41, 5.74) is 1.63. The van der Waals surface area contributed by atoms with Crippen LogP contribution in [0.2, 0.25) is 0 Å². The summed E-state index contributed by atoms with van der Waals surface area (Å²) in [5, 5.41) is 10.1. The molecule has 0 saturated carbocycles. The van der Waals surface area contributed by atoms with Gasteiger partial charge in [0.1, 0.15) is 0 Å². The van der Waals surface area contributed by atoms with Crippen molar-refractivity contribution in [2.75, 3.05) is 0 Å². The number of aliphatic carboxylic acids is 1. The Hall–Kier alpha value is -1.42. The van der Waals surface area contributed by atoms with Crippen LogP contribution in [0.4, 0.5) is 0 Å². The number of carbonyl (C=O) groups is 1. The van der Waals surface area contributed by atoms with Crippen molar-refractivity contribution in [1.29, 1.82) is 0 Å². The highest BCUT2D eigenvalue weighted by Gasteiger charge is 2.24. The number of benzene rings is 1. The molecule has 0 aliphatic heterocycles. The van der Waals surface area contributed by atoms with Crippen molar-refractivity contribution in [3.05, 3.63) is 28.8 Å². The molecule has 0 saturated heterocycles. The van der Waals surface area contributed by atoms with Gasteiger partial charge >= 0.3 is 5.97 Å². The molecule has 0 amide bonds. The molecule has 19 heavy (non-hydrogen) atoms. The monoisotopic (exact) mass is 277 g/mol. The van der Waals surface area contributed by atoms with Gasteiger partial charge in [0.05, 0.1) is 21.6 Å². The zero-order valence-corrected chi connectivity index (χ0v) is 12.5. The molecule has 102 valence electrons. The van der Waals surface area contributed by atoms with Gasteiger partial charge in [0, 0.05) is 11.3 Å². The normalized spacial score (nSPS) is 12.3. The number of aromatic nitrogens is 1. The van der Waals surface area contributed by atoms with Crippen LogP contribution in [-0.2, 0) is 10.2 Å². The van der Waals surface area contributed by atoms with Crippen molar-refractivity contribution in [2.24, 2.45) is 0 Å². The lowest BCUT2D eigenvalue weighted by molar-refractivity contribution is -0.138. The van der Waals surface area contributed by atoms with Crippen LogP contribution in [0, 0.1) is 0 Å². The summed E-state index contributed by atoms with van der Waals surface area (Å²) in [4.78, 5) is 15.6. The Balaban J connectivity index is 2.43. The third-order valence-electron chi connectivity index (χ3n) is 3.27. The highest BCUT2D eigenvalue weighted by molar-refractivity contribution is 7.18. The van der Waals surface area contributed by atoms with Crippen molar-refractivity contribution >= 4 is 27.5 Å². The summed E-state index contributed by atoms with van der Waals surface area (Å²) in [7, 11) is 0. The maximum Gasteiger partial charge on any atom is 0.304 e. The minimum atomic E-state index is -0.772. The van der Waals surface area contributed by atoms with Crippen LogP contribution >= 0.6 is 11.3 Å². The molecule has 2 aromatic rings. The molecule has 1 heterocycles. The van der Waals surface area contributed by atoms with Gasteiger partial charge in [-0.2, -0.15) is 0 Å². The molecule has 0 atom stereocenters. The Labute approximate surface area is 117 Å². The van der Waals surface area contributed by atoms with E-state index in [1.807, 2.05) is 26.0 Å². The van der Waals surface area contributed by atoms with Crippen LogP contribution in [0.5, 0.6) is 0 Å². The van der Waals surface area contributed by atoms with Gasteiger partial charge in [-0.3, -0.25) is 4.79 Å². The highest BCUT2D eigenvalue weighted by Crippen LogP contribution is 2.33. The molecule has 4 heteroatoms. The molecule has 1 N–H and O–H groups in total. The first kappa shape index (κ1) is 14.0. The van der Waals surface area contributed by atoms with Crippen molar-refractivity contribution in [3.8, 4) is 0 Å². The number of hydrogen-bond acceptors (Lipinski definition) is 3. The van der Waals surface area contributed by atoms with Crippen LogP contribution in [0.1, 0.15) is 50.6 Å². The first-order chi connectivity index (χ1) is 8.79. The van der Waals surface area contributed by atoms with Crippen LogP contribution in [0.25, 0.3) is 10.2 Å². The molecule has 0 spiro atoms. The third kappa shape index (κ3) is 2.95. The fraction of sp³-hybridized carbons (Fsp3) is 0.467. The Morgan fingerprint density at radius 2 is 2.11 bits per heavy atom. The maximum atomic E-state index is 10.9. The van der Waals surface area contributed by atoms with Gasteiger partial charge in [-0.25, -0.2) is 4.98 Å². The number of hydrogen-bond donors (Lipinski definition) is 1. The zero-order valence-electron chi connectivity index (χ0n) is 11.7. The first-order valence-electron chi connectivity index (χ1n) is 6.42. The van der Waals surface area contributed by atoms with Gasteiger partial charge in [-0.1, -0.05) is 33.8 Å².